The monoisotopic (exact) mass is 380 g/mol. The Morgan fingerprint density at radius 2 is 2.00 bits per heavy atom. The molecule has 3 aromatic rings. The van der Waals surface area contributed by atoms with Gasteiger partial charge in [-0.1, -0.05) is 12.1 Å². The zero-order chi connectivity index (χ0) is 19.5. The predicted molar refractivity (Wildman–Crippen MR) is 105 cm³/mol. The number of fused-ring (bicyclic) bond motifs is 1. The first-order chi connectivity index (χ1) is 13.6. The van der Waals surface area contributed by atoms with E-state index in [1.165, 1.54) is 6.33 Å². The molecule has 28 heavy (non-hydrogen) atoms. The highest BCUT2D eigenvalue weighted by Gasteiger charge is 2.26. The molecule has 0 radical (unpaired) electrons. The molecule has 8 nitrogen and oxygen atoms in total. The molecular formula is C20H24N6O2. The number of rotatable bonds is 5. The summed E-state index contributed by atoms with van der Waals surface area (Å²) in [4.78, 5) is 23.4. The van der Waals surface area contributed by atoms with Gasteiger partial charge in [0.15, 0.2) is 0 Å². The van der Waals surface area contributed by atoms with Gasteiger partial charge in [-0.2, -0.15) is 14.6 Å². The van der Waals surface area contributed by atoms with E-state index in [2.05, 4.69) is 25.3 Å². The first kappa shape index (κ1) is 18.2. The largest absolute Gasteiger partial charge is 0.497 e. The zero-order valence-electron chi connectivity index (χ0n) is 16.1. The number of methoxy groups -OCH3 is 1. The number of carbonyl (C=O) groups excluding carboxylic acids is 1. The maximum Gasteiger partial charge on any atom is 0.254 e. The van der Waals surface area contributed by atoms with E-state index in [0.29, 0.717) is 12.3 Å². The standard InChI is InChI=1S/C20H24N6O2/c1-14-11-18(26-20(24-14)22-13-23-26)25-9-7-16(8-10-25)19(27)21-12-15-3-5-17(28-2)6-4-15/h3-6,11,13,16H,7-10,12H2,1-2H3,(H,21,27). The quantitative estimate of drug-likeness (QED) is 0.729. The van der Waals surface area contributed by atoms with Gasteiger partial charge in [-0.05, 0) is 37.5 Å². The Labute approximate surface area is 163 Å². The van der Waals surface area contributed by atoms with Crippen LogP contribution in [-0.4, -0.2) is 45.7 Å². The maximum absolute atomic E-state index is 12.6. The molecule has 0 bridgehead atoms. The highest BCUT2D eigenvalue weighted by atomic mass is 16.5. The lowest BCUT2D eigenvalue weighted by Crippen LogP contribution is -2.41. The number of nitrogens with one attached hydrogen (secondary N) is 1. The molecule has 1 aliphatic heterocycles. The van der Waals surface area contributed by atoms with Gasteiger partial charge in [0.25, 0.3) is 5.78 Å². The van der Waals surface area contributed by atoms with Gasteiger partial charge in [0.2, 0.25) is 5.91 Å². The van der Waals surface area contributed by atoms with Crippen molar-refractivity contribution < 1.29 is 9.53 Å². The molecule has 4 rings (SSSR count). The first-order valence-electron chi connectivity index (χ1n) is 9.47. The van der Waals surface area contributed by atoms with Crippen molar-refractivity contribution in [3.05, 3.63) is 47.9 Å². The molecule has 0 spiro atoms. The third-order valence-corrected chi connectivity index (χ3v) is 5.18. The molecule has 3 heterocycles. The summed E-state index contributed by atoms with van der Waals surface area (Å²) in [7, 11) is 1.64. The smallest absolute Gasteiger partial charge is 0.254 e. The average molecular weight is 380 g/mol. The molecule has 1 saturated heterocycles. The van der Waals surface area contributed by atoms with Gasteiger partial charge in [0.05, 0.1) is 7.11 Å². The Bertz CT molecular complexity index is 960. The summed E-state index contributed by atoms with van der Waals surface area (Å²) < 4.78 is 6.92. The first-order valence-corrected chi connectivity index (χ1v) is 9.47. The second kappa shape index (κ2) is 7.84. The van der Waals surface area contributed by atoms with Crippen LogP contribution in [-0.2, 0) is 11.3 Å². The van der Waals surface area contributed by atoms with Gasteiger partial charge in [0, 0.05) is 37.3 Å². The minimum absolute atomic E-state index is 0.0312. The molecule has 2 aromatic heterocycles. The number of anilines is 1. The number of carbonyl (C=O) groups is 1. The molecule has 1 N–H and O–H groups in total. The lowest BCUT2D eigenvalue weighted by atomic mass is 9.95. The summed E-state index contributed by atoms with van der Waals surface area (Å²) in [6.07, 6.45) is 3.14. The van der Waals surface area contributed by atoms with Gasteiger partial charge in [-0.15, -0.1) is 0 Å². The minimum Gasteiger partial charge on any atom is -0.497 e. The third kappa shape index (κ3) is 3.76. The summed E-state index contributed by atoms with van der Waals surface area (Å²) in [6.45, 7) is 4.10. The van der Waals surface area contributed by atoms with Crippen LogP contribution in [0.4, 0.5) is 5.82 Å². The van der Waals surface area contributed by atoms with Crippen LogP contribution in [0.1, 0.15) is 24.1 Å². The van der Waals surface area contributed by atoms with E-state index in [-0.39, 0.29) is 11.8 Å². The summed E-state index contributed by atoms with van der Waals surface area (Å²) in [5.74, 6) is 2.55. The number of aryl methyl sites for hydroxylation is 1. The number of amides is 1. The normalized spacial score (nSPS) is 15.0. The molecular weight excluding hydrogens is 356 g/mol. The Kier molecular flexibility index (Phi) is 5.10. The molecule has 0 saturated carbocycles. The lowest BCUT2D eigenvalue weighted by molar-refractivity contribution is -0.125. The van der Waals surface area contributed by atoms with Crippen LogP contribution in [0.15, 0.2) is 36.7 Å². The number of aromatic nitrogens is 4. The van der Waals surface area contributed by atoms with Crippen LogP contribution in [0.25, 0.3) is 5.78 Å². The van der Waals surface area contributed by atoms with Crippen LogP contribution >= 0.6 is 0 Å². The summed E-state index contributed by atoms with van der Waals surface area (Å²) in [5.41, 5.74) is 1.97. The molecule has 1 aromatic carbocycles. The van der Waals surface area contributed by atoms with Crippen molar-refractivity contribution in [3.63, 3.8) is 0 Å². The van der Waals surface area contributed by atoms with Gasteiger partial charge < -0.3 is 15.0 Å². The predicted octanol–water partition coefficient (Wildman–Crippen LogP) is 1.97. The highest BCUT2D eigenvalue weighted by molar-refractivity contribution is 5.79. The molecule has 0 aliphatic carbocycles. The van der Waals surface area contributed by atoms with Gasteiger partial charge in [-0.25, -0.2) is 4.98 Å². The van der Waals surface area contributed by atoms with Crippen LogP contribution in [0.2, 0.25) is 0 Å². The molecule has 8 heteroatoms. The van der Waals surface area contributed by atoms with Crippen molar-refractivity contribution in [2.24, 2.45) is 5.92 Å². The van der Waals surface area contributed by atoms with E-state index in [4.69, 9.17) is 4.74 Å². The Balaban J connectivity index is 1.34. The molecule has 0 unspecified atom stereocenters. The van der Waals surface area contributed by atoms with Crippen LogP contribution in [0, 0.1) is 12.8 Å². The van der Waals surface area contributed by atoms with E-state index < -0.39 is 0 Å². The fourth-order valence-corrected chi connectivity index (χ4v) is 3.58. The van der Waals surface area contributed by atoms with Crippen molar-refractivity contribution in [2.45, 2.75) is 26.3 Å². The zero-order valence-corrected chi connectivity index (χ0v) is 16.1. The number of benzene rings is 1. The van der Waals surface area contributed by atoms with Gasteiger partial charge >= 0.3 is 0 Å². The van der Waals surface area contributed by atoms with Crippen molar-refractivity contribution in [1.82, 2.24) is 24.9 Å². The van der Waals surface area contributed by atoms with Crippen molar-refractivity contribution in [1.29, 1.82) is 0 Å². The highest BCUT2D eigenvalue weighted by Crippen LogP contribution is 2.24. The fraction of sp³-hybridized carbons (Fsp3) is 0.400. The average Bonchev–Trinajstić information content (AvgIpc) is 3.20. The van der Waals surface area contributed by atoms with Crippen LogP contribution in [0.3, 0.4) is 0 Å². The van der Waals surface area contributed by atoms with E-state index in [1.807, 2.05) is 37.3 Å². The summed E-state index contributed by atoms with van der Waals surface area (Å²) in [5, 5.41) is 7.34. The topological polar surface area (TPSA) is 84.6 Å². The number of piperidine rings is 1. The Morgan fingerprint density at radius 1 is 1.25 bits per heavy atom. The van der Waals surface area contributed by atoms with Gasteiger partial charge in [0.1, 0.15) is 17.9 Å². The Morgan fingerprint density at radius 3 is 2.71 bits per heavy atom. The fourth-order valence-electron chi connectivity index (χ4n) is 3.58. The van der Waals surface area contributed by atoms with E-state index in [1.54, 1.807) is 11.6 Å². The van der Waals surface area contributed by atoms with Crippen LogP contribution in [0.5, 0.6) is 5.75 Å². The number of hydrogen-bond acceptors (Lipinski definition) is 6. The molecule has 1 amide bonds. The maximum atomic E-state index is 12.6. The lowest BCUT2D eigenvalue weighted by Gasteiger charge is -2.32. The van der Waals surface area contributed by atoms with E-state index in [0.717, 1.165) is 48.8 Å². The molecule has 146 valence electrons. The SMILES string of the molecule is COc1ccc(CNC(=O)C2CCN(c3cc(C)nc4ncnn34)CC2)cc1. The van der Waals surface area contributed by atoms with E-state index >= 15 is 0 Å². The molecule has 1 fully saturated rings. The second-order valence-electron chi connectivity index (χ2n) is 7.05. The number of hydrogen-bond donors (Lipinski definition) is 1. The van der Waals surface area contributed by atoms with Crippen LogP contribution < -0.4 is 15.0 Å². The minimum atomic E-state index is 0.0312. The molecule has 0 atom stereocenters. The van der Waals surface area contributed by atoms with E-state index in [9.17, 15) is 4.79 Å². The van der Waals surface area contributed by atoms with Crippen molar-refractivity contribution >= 4 is 17.5 Å². The second-order valence-corrected chi connectivity index (χ2v) is 7.05. The van der Waals surface area contributed by atoms with Crippen molar-refractivity contribution in [3.8, 4) is 5.75 Å². The Hall–Kier alpha value is -3.16. The third-order valence-electron chi connectivity index (χ3n) is 5.18. The molecule has 1 aliphatic rings. The summed E-state index contributed by atoms with van der Waals surface area (Å²) >= 11 is 0. The number of nitrogens with zero attached hydrogens (tertiary/aromatic N) is 5. The van der Waals surface area contributed by atoms with Gasteiger partial charge in [-0.3, -0.25) is 4.79 Å². The summed E-state index contributed by atoms with van der Waals surface area (Å²) in [6, 6.07) is 9.77. The van der Waals surface area contributed by atoms with Crippen molar-refractivity contribution in [2.75, 3.05) is 25.1 Å². The number of ether oxygens (including phenoxy) is 1.